The number of rotatable bonds is 8. The van der Waals surface area contributed by atoms with E-state index in [0.29, 0.717) is 23.0 Å². The minimum atomic E-state index is -0.405. The van der Waals surface area contributed by atoms with E-state index in [1.165, 1.54) is 31.3 Å². The number of hydrogen-bond acceptors (Lipinski definition) is 5. The zero-order chi connectivity index (χ0) is 25.8. The van der Waals surface area contributed by atoms with Gasteiger partial charge in [0, 0.05) is 18.0 Å². The predicted molar refractivity (Wildman–Crippen MR) is 132 cm³/mol. The van der Waals surface area contributed by atoms with Crippen molar-refractivity contribution in [3.63, 3.8) is 0 Å². The van der Waals surface area contributed by atoms with Gasteiger partial charge >= 0.3 is 0 Å². The van der Waals surface area contributed by atoms with Crippen LogP contribution in [-0.4, -0.2) is 53.8 Å². The maximum Gasteiger partial charge on any atom is 0.261 e. The summed E-state index contributed by atoms with van der Waals surface area (Å²) < 4.78 is 25.7. The Kier molecular flexibility index (Phi) is 7.78. The molecule has 1 N–H and O–H groups in total. The highest BCUT2D eigenvalue weighted by Gasteiger charge is 2.26. The van der Waals surface area contributed by atoms with Gasteiger partial charge in [-0.3, -0.25) is 9.59 Å². The molecular weight excluding hydrogens is 451 g/mol. The second-order valence-electron chi connectivity index (χ2n) is 8.96. The highest BCUT2D eigenvalue weighted by molar-refractivity contribution is 6.02. The van der Waals surface area contributed by atoms with Crippen molar-refractivity contribution in [3.8, 4) is 17.2 Å². The quantitative estimate of drug-likeness (QED) is 0.514. The van der Waals surface area contributed by atoms with E-state index >= 15 is 0 Å². The lowest BCUT2D eigenvalue weighted by molar-refractivity contribution is -0.116. The van der Waals surface area contributed by atoms with E-state index in [9.17, 15) is 14.0 Å². The number of ether oxygens (including phenoxy) is 2. The lowest BCUT2D eigenvalue weighted by atomic mass is 9.92. The molecule has 3 rings (SSSR count). The van der Waals surface area contributed by atoms with Crippen molar-refractivity contribution in [1.82, 2.24) is 14.7 Å². The fourth-order valence-electron chi connectivity index (χ4n) is 3.52. The summed E-state index contributed by atoms with van der Waals surface area (Å²) >= 11 is 0. The molecule has 186 valence electrons. The Morgan fingerprint density at radius 2 is 1.66 bits per heavy atom. The largest absolute Gasteiger partial charge is 0.496 e. The number of benzene rings is 2. The van der Waals surface area contributed by atoms with Crippen molar-refractivity contribution < 1.29 is 23.5 Å². The van der Waals surface area contributed by atoms with Crippen LogP contribution < -0.4 is 14.8 Å². The van der Waals surface area contributed by atoms with Gasteiger partial charge in [-0.25, -0.2) is 9.07 Å². The van der Waals surface area contributed by atoms with Crippen molar-refractivity contribution in [1.29, 1.82) is 0 Å². The zero-order valence-corrected chi connectivity index (χ0v) is 20.9. The lowest BCUT2D eigenvalue weighted by Crippen LogP contribution is -2.38. The van der Waals surface area contributed by atoms with Crippen molar-refractivity contribution in [3.05, 3.63) is 65.6 Å². The normalized spacial score (nSPS) is 11.2. The Hall–Kier alpha value is -3.88. The van der Waals surface area contributed by atoms with Crippen LogP contribution in [0.2, 0.25) is 0 Å². The van der Waals surface area contributed by atoms with Crippen LogP contribution in [-0.2, 0) is 10.2 Å². The molecule has 0 spiro atoms. The predicted octanol–water partition coefficient (Wildman–Crippen LogP) is 4.43. The molecule has 8 nitrogen and oxygen atoms in total. The number of amides is 2. The molecule has 9 heteroatoms. The van der Waals surface area contributed by atoms with Gasteiger partial charge in [0.05, 0.1) is 25.6 Å². The summed E-state index contributed by atoms with van der Waals surface area (Å²) in [6, 6.07) is 12.7. The van der Waals surface area contributed by atoms with Gasteiger partial charge < -0.3 is 19.7 Å². The zero-order valence-electron chi connectivity index (χ0n) is 20.9. The number of likely N-dealkylation sites (N-methyl/N-ethyl adjacent to an activating group) is 1. The second kappa shape index (κ2) is 10.6. The van der Waals surface area contributed by atoms with E-state index in [1.807, 2.05) is 20.8 Å². The molecule has 0 aliphatic heterocycles. The first-order chi connectivity index (χ1) is 16.6. The number of nitrogens with one attached hydrogen (secondary N) is 1. The summed E-state index contributed by atoms with van der Waals surface area (Å²) in [5, 5.41) is 7.48. The van der Waals surface area contributed by atoms with E-state index in [1.54, 1.807) is 48.0 Å². The van der Waals surface area contributed by atoms with E-state index in [0.717, 1.165) is 5.69 Å². The number of nitrogens with zero attached hydrogens (tertiary/aromatic N) is 3. The summed E-state index contributed by atoms with van der Waals surface area (Å²) in [5.74, 6) is -0.0247. The topological polar surface area (TPSA) is 85.7 Å². The van der Waals surface area contributed by atoms with Crippen molar-refractivity contribution in [2.75, 3.05) is 32.6 Å². The van der Waals surface area contributed by atoms with Crippen LogP contribution in [0.25, 0.3) is 5.69 Å². The number of carbonyl (C=O) groups excluding carboxylic acids is 2. The van der Waals surface area contributed by atoms with Gasteiger partial charge in [-0.1, -0.05) is 26.8 Å². The summed E-state index contributed by atoms with van der Waals surface area (Å²) in [6.45, 7) is 7.90. The van der Waals surface area contributed by atoms with Crippen LogP contribution in [0.3, 0.4) is 0 Å². The third-order valence-electron chi connectivity index (χ3n) is 5.46. The Balaban J connectivity index is 1.88. The van der Waals surface area contributed by atoms with Crippen LogP contribution in [0.15, 0.2) is 48.5 Å². The molecule has 2 amide bonds. The minimum absolute atomic E-state index is 0.198. The fourth-order valence-corrected chi connectivity index (χ4v) is 3.52. The van der Waals surface area contributed by atoms with Crippen LogP contribution in [0.4, 0.5) is 10.2 Å². The summed E-state index contributed by atoms with van der Waals surface area (Å²) in [5.41, 5.74) is 1.31. The maximum absolute atomic E-state index is 13.5. The molecule has 0 saturated carbocycles. The van der Waals surface area contributed by atoms with Crippen LogP contribution in [0.5, 0.6) is 11.5 Å². The number of carbonyl (C=O) groups is 2. The maximum atomic E-state index is 13.5. The average molecular weight is 483 g/mol. The summed E-state index contributed by atoms with van der Waals surface area (Å²) in [4.78, 5) is 27.8. The molecule has 0 atom stereocenters. The summed E-state index contributed by atoms with van der Waals surface area (Å²) in [6.07, 6.45) is 0. The van der Waals surface area contributed by atoms with Gasteiger partial charge in [-0.15, -0.1) is 0 Å². The highest BCUT2D eigenvalue weighted by Crippen LogP contribution is 2.30. The van der Waals surface area contributed by atoms with Crippen LogP contribution in [0, 0.1) is 5.82 Å². The van der Waals surface area contributed by atoms with Gasteiger partial charge in [0.1, 0.15) is 35.2 Å². The van der Waals surface area contributed by atoms with Gasteiger partial charge in [-0.2, -0.15) is 5.10 Å². The van der Waals surface area contributed by atoms with Crippen LogP contribution >= 0.6 is 0 Å². The van der Waals surface area contributed by atoms with Crippen molar-refractivity contribution >= 4 is 17.6 Å². The Labute approximate surface area is 204 Å². The smallest absolute Gasteiger partial charge is 0.261 e. The lowest BCUT2D eigenvalue weighted by Gasteiger charge is -2.22. The van der Waals surface area contributed by atoms with Gasteiger partial charge in [0.2, 0.25) is 5.91 Å². The first kappa shape index (κ1) is 25.7. The Morgan fingerprint density at radius 1 is 1.06 bits per heavy atom. The van der Waals surface area contributed by atoms with Gasteiger partial charge in [0.25, 0.3) is 5.91 Å². The standard InChI is InChI=1S/C26H31FN4O4/c1-7-30(25(33)24-19(34-5)9-8-10-20(24)35-6)16-23(32)28-22-15-21(26(2,3)4)29-31(22)18-13-11-17(27)12-14-18/h8-15H,7,16H2,1-6H3,(H,28,32). The van der Waals surface area contributed by atoms with E-state index in [-0.39, 0.29) is 35.8 Å². The monoisotopic (exact) mass is 482 g/mol. The molecule has 0 aliphatic rings. The number of hydrogen-bond donors (Lipinski definition) is 1. The number of anilines is 1. The molecule has 0 saturated heterocycles. The number of halogens is 1. The molecule has 2 aromatic carbocycles. The molecule has 0 radical (unpaired) electrons. The Morgan fingerprint density at radius 3 is 2.17 bits per heavy atom. The van der Waals surface area contributed by atoms with E-state index in [2.05, 4.69) is 10.4 Å². The molecule has 1 heterocycles. The molecule has 1 aromatic heterocycles. The van der Waals surface area contributed by atoms with Crippen molar-refractivity contribution in [2.24, 2.45) is 0 Å². The molecule has 35 heavy (non-hydrogen) atoms. The number of aromatic nitrogens is 2. The van der Waals surface area contributed by atoms with E-state index < -0.39 is 5.91 Å². The van der Waals surface area contributed by atoms with Crippen molar-refractivity contribution in [2.45, 2.75) is 33.1 Å². The average Bonchev–Trinajstić information content (AvgIpc) is 3.26. The molecule has 3 aromatic rings. The fraction of sp³-hybridized carbons (Fsp3) is 0.346. The van der Waals surface area contributed by atoms with Gasteiger partial charge in [0.15, 0.2) is 0 Å². The molecular formula is C26H31FN4O4. The second-order valence-corrected chi connectivity index (χ2v) is 8.96. The third kappa shape index (κ3) is 5.79. The molecule has 0 unspecified atom stereocenters. The first-order valence-corrected chi connectivity index (χ1v) is 11.3. The van der Waals surface area contributed by atoms with Gasteiger partial charge in [-0.05, 0) is 43.3 Å². The minimum Gasteiger partial charge on any atom is -0.496 e. The Bertz CT molecular complexity index is 1180. The molecule has 0 fully saturated rings. The molecule has 0 aliphatic carbocycles. The third-order valence-corrected chi connectivity index (χ3v) is 5.46. The highest BCUT2D eigenvalue weighted by atomic mass is 19.1. The first-order valence-electron chi connectivity index (χ1n) is 11.3. The number of methoxy groups -OCH3 is 2. The van der Waals surface area contributed by atoms with E-state index in [4.69, 9.17) is 9.47 Å². The SMILES string of the molecule is CCN(CC(=O)Nc1cc(C(C)(C)C)nn1-c1ccc(F)cc1)C(=O)c1c(OC)cccc1OC. The molecule has 0 bridgehead atoms. The summed E-state index contributed by atoms with van der Waals surface area (Å²) in [7, 11) is 2.94. The van der Waals surface area contributed by atoms with Crippen LogP contribution in [0.1, 0.15) is 43.7 Å².